The molecule has 2 N–H and O–H groups in total. The van der Waals surface area contributed by atoms with E-state index in [4.69, 9.17) is 22.1 Å². The first-order valence-electron chi connectivity index (χ1n) is 4.14. The van der Waals surface area contributed by atoms with Gasteiger partial charge in [0.25, 0.3) is 0 Å². The van der Waals surface area contributed by atoms with Crippen molar-refractivity contribution in [3.63, 3.8) is 0 Å². The summed E-state index contributed by atoms with van der Waals surface area (Å²) in [6.07, 6.45) is 1.75. The smallest absolute Gasteiger partial charge is 0.232 e. The van der Waals surface area contributed by atoms with E-state index in [0.29, 0.717) is 17.4 Å². The fourth-order valence-corrected chi connectivity index (χ4v) is 1.12. The molecule has 0 amide bonds. The minimum absolute atomic E-state index is 0.0775. The van der Waals surface area contributed by atoms with Gasteiger partial charge in [0.15, 0.2) is 0 Å². The summed E-state index contributed by atoms with van der Waals surface area (Å²) in [6.45, 7) is 4.29. The molecule has 0 radical (unpaired) electrons. The van der Waals surface area contributed by atoms with Crippen LogP contribution in [0.5, 0.6) is 5.88 Å². The molecule has 0 aliphatic rings. The van der Waals surface area contributed by atoms with Crippen LogP contribution in [0.3, 0.4) is 0 Å². The monoisotopic (exact) mass is 200 g/mol. The minimum atomic E-state index is 0.0775. The third-order valence-corrected chi connectivity index (χ3v) is 1.72. The van der Waals surface area contributed by atoms with E-state index in [2.05, 4.69) is 4.98 Å². The van der Waals surface area contributed by atoms with Crippen molar-refractivity contribution in [3.8, 4) is 5.88 Å². The number of rotatable bonds is 3. The van der Waals surface area contributed by atoms with E-state index in [1.165, 1.54) is 0 Å². The van der Waals surface area contributed by atoms with Crippen LogP contribution in [0.15, 0.2) is 12.3 Å². The second-order valence-electron chi connectivity index (χ2n) is 3.00. The molecule has 1 heterocycles. The summed E-state index contributed by atoms with van der Waals surface area (Å²) >= 11 is 5.91. The Kier molecular flexibility index (Phi) is 3.51. The molecule has 0 unspecified atom stereocenters. The Morgan fingerprint density at radius 2 is 2.31 bits per heavy atom. The number of nitrogens with zero attached hydrogens (tertiary/aromatic N) is 1. The Morgan fingerprint density at radius 3 is 2.77 bits per heavy atom. The summed E-state index contributed by atoms with van der Waals surface area (Å²) < 4.78 is 5.36. The van der Waals surface area contributed by atoms with Crippen molar-refractivity contribution < 1.29 is 4.74 Å². The Hall–Kier alpha value is -0.800. The van der Waals surface area contributed by atoms with Crippen molar-refractivity contribution >= 4 is 11.6 Å². The van der Waals surface area contributed by atoms with Crippen molar-refractivity contribution in [2.24, 2.45) is 5.73 Å². The third-order valence-electron chi connectivity index (χ3n) is 1.45. The highest BCUT2D eigenvalue weighted by Crippen LogP contribution is 2.22. The summed E-state index contributed by atoms with van der Waals surface area (Å²) in [5.74, 6) is 0.467. The van der Waals surface area contributed by atoms with Gasteiger partial charge in [-0.3, -0.25) is 0 Å². The number of ether oxygens (including phenoxy) is 1. The van der Waals surface area contributed by atoms with E-state index < -0.39 is 0 Å². The highest BCUT2D eigenvalue weighted by atomic mass is 35.5. The molecule has 1 rings (SSSR count). The second-order valence-corrected chi connectivity index (χ2v) is 3.41. The third kappa shape index (κ3) is 2.86. The van der Waals surface area contributed by atoms with Crippen LogP contribution in [0, 0.1) is 0 Å². The number of hydrogen-bond donors (Lipinski definition) is 1. The Labute approximate surface area is 82.9 Å². The molecule has 0 fully saturated rings. The predicted molar refractivity (Wildman–Crippen MR) is 52.9 cm³/mol. The van der Waals surface area contributed by atoms with Gasteiger partial charge in [0.2, 0.25) is 5.88 Å². The van der Waals surface area contributed by atoms with Crippen molar-refractivity contribution in [2.75, 3.05) is 0 Å². The minimum Gasteiger partial charge on any atom is -0.474 e. The average molecular weight is 201 g/mol. The van der Waals surface area contributed by atoms with Gasteiger partial charge in [-0.15, -0.1) is 0 Å². The summed E-state index contributed by atoms with van der Waals surface area (Å²) in [5.41, 5.74) is 6.33. The lowest BCUT2D eigenvalue weighted by molar-refractivity contribution is 0.232. The fraction of sp³-hybridized carbons (Fsp3) is 0.444. The normalized spacial score (nSPS) is 10.5. The van der Waals surface area contributed by atoms with Crippen LogP contribution in [-0.4, -0.2) is 11.1 Å². The van der Waals surface area contributed by atoms with Crippen LogP contribution in [0.25, 0.3) is 0 Å². The molecule has 13 heavy (non-hydrogen) atoms. The average Bonchev–Trinajstić information content (AvgIpc) is 2.08. The molecule has 0 saturated carbocycles. The SMILES string of the molecule is CC(C)Oc1ncc(CN)cc1Cl. The number of nitrogens with two attached hydrogens (primary N) is 1. The lowest BCUT2D eigenvalue weighted by Crippen LogP contribution is -2.08. The van der Waals surface area contributed by atoms with Gasteiger partial charge in [-0.25, -0.2) is 4.98 Å². The number of aromatic nitrogens is 1. The van der Waals surface area contributed by atoms with E-state index >= 15 is 0 Å². The molecule has 1 aromatic heterocycles. The largest absolute Gasteiger partial charge is 0.474 e. The number of halogens is 1. The van der Waals surface area contributed by atoms with Crippen LogP contribution >= 0.6 is 11.6 Å². The molecule has 4 heteroatoms. The highest BCUT2D eigenvalue weighted by Gasteiger charge is 2.05. The Morgan fingerprint density at radius 1 is 1.62 bits per heavy atom. The topological polar surface area (TPSA) is 48.1 Å². The molecule has 0 bridgehead atoms. The lowest BCUT2D eigenvalue weighted by Gasteiger charge is -2.10. The van der Waals surface area contributed by atoms with E-state index in [-0.39, 0.29) is 6.10 Å². The standard InChI is InChI=1S/C9H13ClN2O/c1-6(2)13-9-8(10)3-7(4-11)5-12-9/h3,5-6H,4,11H2,1-2H3. The Bertz CT molecular complexity index is 289. The van der Waals surface area contributed by atoms with Gasteiger partial charge >= 0.3 is 0 Å². The van der Waals surface area contributed by atoms with Gasteiger partial charge in [0.1, 0.15) is 5.02 Å². The first-order valence-corrected chi connectivity index (χ1v) is 4.52. The summed E-state index contributed by atoms with van der Waals surface area (Å²) in [6, 6.07) is 1.77. The predicted octanol–water partition coefficient (Wildman–Crippen LogP) is 1.98. The molecule has 72 valence electrons. The van der Waals surface area contributed by atoms with E-state index in [9.17, 15) is 0 Å². The van der Waals surface area contributed by atoms with Crippen LogP contribution in [0.2, 0.25) is 5.02 Å². The van der Waals surface area contributed by atoms with Gasteiger partial charge in [-0.1, -0.05) is 11.6 Å². The van der Waals surface area contributed by atoms with Crippen LogP contribution < -0.4 is 10.5 Å². The maximum atomic E-state index is 5.91. The van der Waals surface area contributed by atoms with Crippen molar-refractivity contribution in [2.45, 2.75) is 26.5 Å². The van der Waals surface area contributed by atoms with Crippen LogP contribution in [-0.2, 0) is 6.54 Å². The summed E-state index contributed by atoms with van der Waals surface area (Å²) in [5, 5.41) is 0.511. The lowest BCUT2D eigenvalue weighted by atomic mass is 10.3. The molecule has 0 spiro atoms. The first kappa shape index (κ1) is 10.3. The van der Waals surface area contributed by atoms with E-state index in [1.54, 1.807) is 12.3 Å². The van der Waals surface area contributed by atoms with Gasteiger partial charge in [0, 0.05) is 12.7 Å². The maximum absolute atomic E-state index is 5.91. The van der Waals surface area contributed by atoms with Gasteiger partial charge in [0.05, 0.1) is 6.10 Å². The zero-order chi connectivity index (χ0) is 9.84. The first-order chi connectivity index (χ1) is 6.13. The van der Waals surface area contributed by atoms with Gasteiger partial charge < -0.3 is 10.5 Å². The molecule has 0 aromatic carbocycles. The van der Waals surface area contributed by atoms with Crippen molar-refractivity contribution in [1.29, 1.82) is 0 Å². The molecule has 3 nitrogen and oxygen atoms in total. The zero-order valence-corrected chi connectivity index (χ0v) is 8.51. The second kappa shape index (κ2) is 4.44. The number of pyridine rings is 1. The van der Waals surface area contributed by atoms with Crippen LogP contribution in [0.4, 0.5) is 0 Å². The molecule has 1 aromatic rings. The molecule has 0 atom stereocenters. The fourth-order valence-electron chi connectivity index (χ4n) is 0.887. The molecular formula is C9H13ClN2O. The summed E-state index contributed by atoms with van der Waals surface area (Å²) in [4.78, 5) is 4.06. The van der Waals surface area contributed by atoms with Crippen molar-refractivity contribution in [1.82, 2.24) is 4.98 Å². The van der Waals surface area contributed by atoms with Gasteiger partial charge in [-0.2, -0.15) is 0 Å². The molecular weight excluding hydrogens is 188 g/mol. The van der Waals surface area contributed by atoms with E-state index in [1.807, 2.05) is 13.8 Å². The molecule has 0 aliphatic carbocycles. The van der Waals surface area contributed by atoms with Crippen molar-refractivity contribution in [3.05, 3.63) is 22.8 Å². The van der Waals surface area contributed by atoms with E-state index in [0.717, 1.165) is 5.56 Å². The quantitative estimate of drug-likeness (QED) is 0.812. The molecule has 0 saturated heterocycles. The highest BCUT2D eigenvalue weighted by molar-refractivity contribution is 6.31. The molecule has 0 aliphatic heterocycles. The Balaban J connectivity index is 2.85. The zero-order valence-electron chi connectivity index (χ0n) is 7.75. The summed E-state index contributed by atoms with van der Waals surface area (Å²) in [7, 11) is 0. The maximum Gasteiger partial charge on any atom is 0.232 e. The number of hydrogen-bond acceptors (Lipinski definition) is 3. The van der Waals surface area contributed by atoms with Gasteiger partial charge in [-0.05, 0) is 25.5 Å². The van der Waals surface area contributed by atoms with Crippen LogP contribution in [0.1, 0.15) is 19.4 Å².